The predicted octanol–water partition coefficient (Wildman–Crippen LogP) is 3.11. The Bertz CT molecular complexity index is 581. The van der Waals surface area contributed by atoms with Crippen molar-refractivity contribution in [3.05, 3.63) is 36.5 Å². The van der Waals surface area contributed by atoms with Gasteiger partial charge in [0.1, 0.15) is 11.3 Å². The van der Waals surface area contributed by atoms with Crippen LogP contribution >= 0.6 is 0 Å². The molecular formula is C18H25NO5. The van der Waals surface area contributed by atoms with E-state index in [4.69, 9.17) is 9.47 Å². The number of hydrogen-bond acceptors (Lipinski definition) is 4. The van der Waals surface area contributed by atoms with Crippen LogP contribution in [0.5, 0.6) is 0 Å². The van der Waals surface area contributed by atoms with E-state index < -0.39 is 35.5 Å². The summed E-state index contributed by atoms with van der Waals surface area (Å²) < 4.78 is 11.2. The molecule has 0 radical (unpaired) electrons. The van der Waals surface area contributed by atoms with Gasteiger partial charge in [0.25, 0.3) is 0 Å². The Morgan fingerprint density at radius 1 is 1.12 bits per heavy atom. The minimum Gasteiger partial charge on any atom is -0.479 e. The number of hydrogen-bond donors (Lipinski definition) is 1. The summed E-state index contributed by atoms with van der Waals surface area (Å²) in [6.07, 6.45) is 9.39. The summed E-state index contributed by atoms with van der Waals surface area (Å²) in [7, 11) is 0. The minimum atomic E-state index is -1.13. The highest BCUT2D eigenvalue weighted by atomic mass is 16.6. The van der Waals surface area contributed by atoms with Crippen molar-refractivity contribution in [2.45, 2.75) is 58.1 Å². The SMILES string of the molecule is CC(C)(C)OC(=O)N1[C@@H](C2C=CC=CC=C2)C(C(=O)O)OC1(C)C. The topological polar surface area (TPSA) is 76.1 Å². The number of carboxylic acids is 1. The summed E-state index contributed by atoms with van der Waals surface area (Å²) in [6, 6.07) is -0.695. The number of aliphatic carboxylic acids is 1. The largest absolute Gasteiger partial charge is 0.479 e. The maximum absolute atomic E-state index is 12.8. The Morgan fingerprint density at radius 3 is 2.12 bits per heavy atom. The molecule has 1 aliphatic carbocycles. The average molecular weight is 335 g/mol. The van der Waals surface area contributed by atoms with Gasteiger partial charge < -0.3 is 14.6 Å². The second-order valence-electron chi connectivity index (χ2n) is 7.40. The van der Waals surface area contributed by atoms with Gasteiger partial charge in [0, 0.05) is 5.92 Å². The summed E-state index contributed by atoms with van der Waals surface area (Å²) in [6.45, 7) is 8.67. The van der Waals surface area contributed by atoms with E-state index in [0.717, 1.165) is 0 Å². The van der Waals surface area contributed by atoms with Gasteiger partial charge in [-0.1, -0.05) is 36.5 Å². The summed E-state index contributed by atoms with van der Waals surface area (Å²) in [5, 5.41) is 9.58. The number of allylic oxidation sites excluding steroid dienone is 4. The van der Waals surface area contributed by atoms with Gasteiger partial charge in [0.05, 0.1) is 6.04 Å². The van der Waals surface area contributed by atoms with Gasteiger partial charge >= 0.3 is 12.1 Å². The van der Waals surface area contributed by atoms with Crippen LogP contribution in [0.3, 0.4) is 0 Å². The molecule has 2 aliphatic rings. The molecule has 1 unspecified atom stereocenters. The van der Waals surface area contributed by atoms with E-state index in [9.17, 15) is 14.7 Å². The second kappa shape index (κ2) is 6.43. The van der Waals surface area contributed by atoms with Gasteiger partial charge in [-0.2, -0.15) is 0 Å². The van der Waals surface area contributed by atoms with Crippen LogP contribution in [0.15, 0.2) is 36.5 Å². The molecule has 132 valence electrons. The molecule has 2 rings (SSSR count). The van der Waals surface area contributed by atoms with Crippen LogP contribution in [-0.2, 0) is 14.3 Å². The molecule has 1 fully saturated rings. The van der Waals surface area contributed by atoms with E-state index in [0.29, 0.717) is 0 Å². The molecule has 6 nitrogen and oxygen atoms in total. The average Bonchev–Trinajstić information content (AvgIpc) is 2.59. The lowest BCUT2D eigenvalue weighted by molar-refractivity contribution is -0.155. The van der Waals surface area contributed by atoms with Gasteiger partial charge in [0.15, 0.2) is 6.10 Å². The molecule has 1 aliphatic heterocycles. The zero-order valence-corrected chi connectivity index (χ0v) is 14.7. The molecule has 1 saturated heterocycles. The third-order valence-corrected chi connectivity index (χ3v) is 3.83. The Hall–Kier alpha value is -2.08. The van der Waals surface area contributed by atoms with Crippen LogP contribution < -0.4 is 0 Å². The first kappa shape index (κ1) is 18.3. The third kappa shape index (κ3) is 3.87. The molecule has 0 saturated carbocycles. The minimum absolute atomic E-state index is 0.296. The van der Waals surface area contributed by atoms with Gasteiger partial charge in [-0.05, 0) is 34.6 Å². The van der Waals surface area contributed by atoms with Gasteiger partial charge in [-0.3, -0.25) is 4.90 Å². The monoisotopic (exact) mass is 335 g/mol. The van der Waals surface area contributed by atoms with Gasteiger partial charge in [0.2, 0.25) is 0 Å². The molecular weight excluding hydrogens is 310 g/mol. The zero-order valence-electron chi connectivity index (χ0n) is 14.7. The van der Waals surface area contributed by atoms with Crippen molar-refractivity contribution in [3.8, 4) is 0 Å². The van der Waals surface area contributed by atoms with E-state index in [1.165, 1.54) is 4.90 Å². The van der Waals surface area contributed by atoms with Crippen molar-refractivity contribution in [1.29, 1.82) is 0 Å². The Balaban J connectivity index is 2.42. The van der Waals surface area contributed by atoms with Crippen molar-refractivity contribution >= 4 is 12.1 Å². The van der Waals surface area contributed by atoms with E-state index in [1.54, 1.807) is 34.6 Å². The van der Waals surface area contributed by atoms with E-state index in [-0.39, 0.29) is 5.92 Å². The molecule has 6 heteroatoms. The first-order valence-corrected chi connectivity index (χ1v) is 7.97. The number of rotatable bonds is 2. The first-order valence-electron chi connectivity index (χ1n) is 7.97. The summed E-state index contributed by atoms with van der Waals surface area (Å²) in [5.74, 6) is -1.39. The Kier molecular flexibility index (Phi) is 4.90. The van der Waals surface area contributed by atoms with E-state index in [1.807, 2.05) is 36.5 Å². The van der Waals surface area contributed by atoms with Crippen LogP contribution in [0.1, 0.15) is 34.6 Å². The number of carboxylic acid groups (broad SMARTS) is 1. The van der Waals surface area contributed by atoms with Crippen LogP contribution in [-0.4, -0.2) is 45.5 Å². The lowest BCUT2D eigenvalue weighted by Gasteiger charge is -2.36. The fourth-order valence-electron chi connectivity index (χ4n) is 2.96. The quantitative estimate of drug-likeness (QED) is 0.839. The number of carbonyl (C=O) groups excluding carboxylic acids is 1. The molecule has 24 heavy (non-hydrogen) atoms. The van der Waals surface area contributed by atoms with Crippen LogP contribution in [0.25, 0.3) is 0 Å². The maximum Gasteiger partial charge on any atom is 0.412 e. The standard InChI is InChI=1S/C18H25NO5/c1-17(2,3)24-16(22)19-13(12-10-8-6-7-9-11-12)14(15(20)21)23-18(19,4)5/h6-14H,1-5H3,(H,20,21)/t13-,14?/m0/s1. The van der Waals surface area contributed by atoms with E-state index in [2.05, 4.69) is 0 Å². The Morgan fingerprint density at radius 2 is 1.67 bits per heavy atom. The lowest BCUT2D eigenvalue weighted by Crippen LogP contribution is -2.52. The number of carbonyl (C=O) groups is 2. The number of amides is 1. The van der Waals surface area contributed by atoms with Crippen LogP contribution in [0, 0.1) is 5.92 Å². The summed E-state index contributed by atoms with van der Waals surface area (Å²) >= 11 is 0. The molecule has 0 aromatic carbocycles. The number of ether oxygens (including phenoxy) is 2. The second-order valence-corrected chi connectivity index (χ2v) is 7.40. The van der Waals surface area contributed by atoms with Crippen molar-refractivity contribution in [3.63, 3.8) is 0 Å². The maximum atomic E-state index is 12.8. The molecule has 0 aromatic heterocycles. The lowest BCUT2D eigenvalue weighted by atomic mass is 9.93. The highest BCUT2D eigenvalue weighted by Crippen LogP contribution is 2.38. The van der Waals surface area contributed by atoms with Crippen molar-refractivity contribution in [1.82, 2.24) is 4.90 Å². The third-order valence-electron chi connectivity index (χ3n) is 3.83. The van der Waals surface area contributed by atoms with Crippen LogP contribution in [0.2, 0.25) is 0 Å². The molecule has 1 N–H and O–H groups in total. The van der Waals surface area contributed by atoms with Gasteiger partial charge in [-0.25, -0.2) is 9.59 Å². The molecule has 0 aromatic rings. The summed E-state index contributed by atoms with van der Waals surface area (Å²) in [5.41, 5.74) is -1.77. The fraction of sp³-hybridized carbons (Fsp3) is 0.556. The molecule has 1 amide bonds. The predicted molar refractivity (Wildman–Crippen MR) is 89.4 cm³/mol. The molecule has 0 spiro atoms. The number of nitrogens with zero attached hydrogens (tertiary/aromatic N) is 1. The normalized spacial score (nSPS) is 26.5. The smallest absolute Gasteiger partial charge is 0.412 e. The first-order chi connectivity index (χ1) is 11.0. The van der Waals surface area contributed by atoms with Crippen LogP contribution in [0.4, 0.5) is 4.79 Å². The highest BCUT2D eigenvalue weighted by Gasteiger charge is 2.55. The Labute approximate surface area is 142 Å². The highest BCUT2D eigenvalue weighted by molar-refractivity contribution is 5.77. The molecule has 0 bridgehead atoms. The van der Waals surface area contributed by atoms with Crippen molar-refractivity contribution in [2.24, 2.45) is 5.92 Å². The molecule has 2 atom stereocenters. The van der Waals surface area contributed by atoms with Crippen molar-refractivity contribution in [2.75, 3.05) is 0 Å². The summed E-state index contributed by atoms with van der Waals surface area (Å²) in [4.78, 5) is 25.9. The van der Waals surface area contributed by atoms with E-state index >= 15 is 0 Å². The van der Waals surface area contributed by atoms with Gasteiger partial charge in [-0.15, -0.1) is 0 Å². The molecule has 1 heterocycles. The zero-order chi connectivity index (χ0) is 18.1. The van der Waals surface area contributed by atoms with Crippen molar-refractivity contribution < 1.29 is 24.2 Å². The fourth-order valence-corrected chi connectivity index (χ4v) is 2.96.